The molecule has 0 aliphatic heterocycles. The van der Waals surface area contributed by atoms with Gasteiger partial charge in [-0.3, -0.25) is 4.98 Å². The van der Waals surface area contributed by atoms with E-state index in [4.69, 9.17) is 5.73 Å². The maximum Gasteiger partial charge on any atom is 0.316 e. The molecule has 1 aromatic heterocycles. The van der Waals surface area contributed by atoms with Gasteiger partial charge in [-0.2, -0.15) is 0 Å². The van der Waals surface area contributed by atoms with Crippen molar-refractivity contribution in [3.63, 3.8) is 0 Å². The molecule has 3 N–H and O–H groups in total. The van der Waals surface area contributed by atoms with Gasteiger partial charge in [0.1, 0.15) is 0 Å². The van der Waals surface area contributed by atoms with Crippen molar-refractivity contribution in [2.75, 3.05) is 5.32 Å². The molecule has 4 nitrogen and oxygen atoms in total. The number of amides is 2. The summed E-state index contributed by atoms with van der Waals surface area (Å²) in [6.45, 7) is 2.00. The van der Waals surface area contributed by atoms with Crippen LogP contribution >= 0.6 is 0 Å². The maximum absolute atomic E-state index is 10.8. The van der Waals surface area contributed by atoms with Crippen LogP contribution in [0.2, 0.25) is 0 Å². The molecule has 0 spiro atoms. The zero-order valence-corrected chi connectivity index (χ0v) is 9.47. The quantitative estimate of drug-likeness (QED) is 0.827. The molecule has 0 atom stereocenters. The van der Waals surface area contributed by atoms with E-state index in [1.807, 2.05) is 43.3 Å². The number of pyridine rings is 1. The number of primary amides is 1. The van der Waals surface area contributed by atoms with Gasteiger partial charge < -0.3 is 11.1 Å². The zero-order valence-electron chi connectivity index (χ0n) is 9.47. The van der Waals surface area contributed by atoms with Crippen molar-refractivity contribution in [1.82, 2.24) is 4.98 Å². The maximum atomic E-state index is 10.8. The van der Waals surface area contributed by atoms with Crippen LogP contribution in [0.1, 0.15) is 5.56 Å². The van der Waals surface area contributed by atoms with Gasteiger partial charge >= 0.3 is 6.03 Å². The highest BCUT2D eigenvalue weighted by molar-refractivity contribution is 5.88. The summed E-state index contributed by atoms with van der Waals surface area (Å²) < 4.78 is 0. The predicted molar refractivity (Wildman–Crippen MR) is 67.6 cm³/mol. The molecule has 0 aliphatic rings. The molecule has 86 valence electrons. The number of rotatable bonds is 2. The fourth-order valence-electron chi connectivity index (χ4n) is 1.64. The van der Waals surface area contributed by atoms with Crippen LogP contribution in [0.25, 0.3) is 11.3 Å². The molecular weight excluding hydrogens is 214 g/mol. The molecule has 0 saturated carbocycles. The smallest absolute Gasteiger partial charge is 0.316 e. The highest BCUT2D eigenvalue weighted by atomic mass is 16.2. The van der Waals surface area contributed by atoms with Crippen LogP contribution in [-0.2, 0) is 0 Å². The summed E-state index contributed by atoms with van der Waals surface area (Å²) in [4.78, 5) is 15.1. The minimum Gasteiger partial charge on any atom is -0.351 e. The molecule has 1 heterocycles. The lowest BCUT2D eigenvalue weighted by Gasteiger charge is -2.08. The first kappa shape index (κ1) is 11.1. The summed E-state index contributed by atoms with van der Waals surface area (Å²) in [7, 11) is 0. The van der Waals surface area contributed by atoms with Gasteiger partial charge in [0.05, 0.1) is 5.69 Å². The second-order valence-corrected chi connectivity index (χ2v) is 3.73. The van der Waals surface area contributed by atoms with Crippen molar-refractivity contribution in [3.8, 4) is 11.3 Å². The van der Waals surface area contributed by atoms with Crippen molar-refractivity contribution in [2.24, 2.45) is 5.73 Å². The minimum absolute atomic E-state index is 0.569. The first-order valence-electron chi connectivity index (χ1n) is 5.25. The Morgan fingerprint density at radius 3 is 2.76 bits per heavy atom. The van der Waals surface area contributed by atoms with E-state index in [1.54, 1.807) is 6.20 Å². The number of nitrogens with zero attached hydrogens (tertiary/aromatic N) is 1. The molecule has 2 aromatic rings. The van der Waals surface area contributed by atoms with Crippen molar-refractivity contribution in [2.45, 2.75) is 6.92 Å². The summed E-state index contributed by atoms with van der Waals surface area (Å²) in [5.74, 6) is 0. The van der Waals surface area contributed by atoms with Gasteiger partial charge in [0.15, 0.2) is 0 Å². The summed E-state index contributed by atoms with van der Waals surface area (Å²) >= 11 is 0. The predicted octanol–water partition coefficient (Wildman–Crippen LogP) is 2.55. The number of nitrogens with one attached hydrogen (secondary N) is 1. The Morgan fingerprint density at radius 1 is 1.29 bits per heavy atom. The number of urea groups is 1. The number of aromatic nitrogens is 1. The average Bonchev–Trinajstić information content (AvgIpc) is 2.32. The molecule has 2 amide bonds. The van der Waals surface area contributed by atoms with Gasteiger partial charge in [-0.15, -0.1) is 0 Å². The topological polar surface area (TPSA) is 68.0 Å². The molecular formula is C13H13N3O. The van der Waals surface area contributed by atoms with E-state index in [9.17, 15) is 4.79 Å². The lowest BCUT2D eigenvalue weighted by atomic mass is 10.0. The average molecular weight is 227 g/mol. The zero-order chi connectivity index (χ0) is 12.3. The van der Waals surface area contributed by atoms with E-state index in [0.717, 1.165) is 16.8 Å². The SMILES string of the molecule is Cc1ccc(NC(N)=O)cc1-c1ccccn1. The molecule has 2 rings (SSSR count). The van der Waals surface area contributed by atoms with Crippen molar-refractivity contribution >= 4 is 11.7 Å². The van der Waals surface area contributed by atoms with Gasteiger partial charge in [0.2, 0.25) is 0 Å². The number of carbonyl (C=O) groups excluding carboxylic acids is 1. The number of anilines is 1. The van der Waals surface area contributed by atoms with E-state index in [2.05, 4.69) is 10.3 Å². The molecule has 0 aliphatic carbocycles. The van der Waals surface area contributed by atoms with Gasteiger partial charge in [-0.1, -0.05) is 12.1 Å². The van der Waals surface area contributed by atoms with E-state index >= 15 is 0 Å². The molecule has 17 heavy (non-hydrogen) atoms. The van der Waals surface area contributed by atoms with E-state index in [1.165, 1.54) is 0 Å². The van der Waals surface area contributed by atoms with Crippen LogP contribution in [0.3, 0.4) is 0 Å². The summed E-state index contributed by atoms with van der Waals surface area (Å²) in [6, 6.07) is 10.8. The van der Waals surface area contributed by atoms with Crippen LogP contribution in [0, 0.1) is 6.92 Å². The van der Waals surface area contributed by atoms with Gasteiger partial charge in [0.25, 0.3) is 0 Å². The van der Waals surface area contributed by atoms with Crippen molar-refractivity contribution < 1.29 is 4.79 Å². The summed E-state index contributed by atoms with van der Waals surface area (Å²) in [5.41, 5.74) is 8.71. The van der Waals surface area contributed by atoms with E-state index in [0.29, 0.717) is 5.69 Å². The monoisotopic (exact) mass is 227 g/mol. The van der Waals surface area contributed by atoms with Crippen LogP contribution in [0.4, 0.5) is 10.5 Å². The first-order chi connectivity index (χ1) is 8.16. The van der Waals surface area contributed by atoms with Crippen LogP contribution in [-0.4, -0.2) is 11.0 Å². The molecule has 0 fully saturated rings. The third-order valence-corrected chi connectivity index (χ3v) is 2.45. The van der Waals surface area contributed by atoms with Crippen molar-refractivity contribution in [3.05, 3.63) is 48.2 Å². The van der Waals surface area contributed by atoms with Gasteiger partial charge in [0, 0.05) is 17.4 Å². The first-order valence-corrected chi connectivity index (χ1v) is 5.25. The third kappa shape index (κ3) is 2.60. The Kier molecular flexibility index (Phi) is 3.05. The molecule has 0 saturated heterocycles. The Hall–Kier alpha value is -2.36. The van der Waals surface area contributed by atoms with Crippen LogP contribution in [0.15, 0.2) is 42.6 Å². The molecule has 0 bridgehead atoms. The minimum atomic E-state index is -0.569. The largest absolute Gasteiger partial charge is 0.351 e. The van der Waals surface area contributed by atoms with Gasteiger partial charge in [-0.25, -0.2) is 4.79 Å². The second-order valence-electron chi connectivity index (χ2n) is 3.73. The lowest BCUT2D eigenvalue weighted by molar-refractivity contribution is 0.259. The van der Waals surface area contributed by atoms with Crippen LogP contribution in [0.5, 0.6) is 0 Å². The fraction of sp³-hybridized carbons (Fsp3) is 0.0769. The van der Waals surface area contributed by atoms with Gasteiger partial charge in [-0.05, 0) is 36.8 Å². The Bertz CT molecular complexity index is 538. The van der Waals surface area contributed by atoms with E-state index < -0.39 is 6.03 Å². The Morgan fingerprint density at radius 2 is 2.12 bits per heavy atom. The highest BCUT2D eigenvalue weighted by Crippen LogP contribution is 2.24. The normalized spacial score (nSPS) is 9.94. The number of carbonyl (C=O) groups is 1. The number of benzene rings is 1. The summed E-state index contributed by atoms with van der Waals surface area (Å²) in [5, 5.41) is 2.55. The lowest BCUT2D eigenvalue weighted by Crippen LogP contribution is -2.19. The fourth-order valence-corrected chi connectivity index (χ4v) is 1.64. The molecule has 0 unspecified atom stereocenters. The Balaban J connectivity index is 2.43. The number of aryl methyl sites for hydroxylation is 1. The standard InChI is InChI=1S/C13H13N3O/c1-9-5-6-10(16-13(14)17)8-11(9)12-4-2-3-7-15-12/h2-8H,1H3,(H3,14,16,17). The number of nitrogens with two attached hydrogens (primary N) is 1. The molecule has 4 heteroatoms. The van der Waals surface area contributed by atoms with Crippen LogP contribution < -0.4 is 11.1 Å². The highest BCUT2D eigenvalue weighted by Gasteiger charge is 2.05. The number of hydrogen-bond donors (Lipinski definition) is 2. The summed E-state index contributed by atoms with van der Waals surface area (Å²) in [6.07, 6.45) is 1.74. The Labute approximate surface area is 99.5 Å². The molecule has 1 aromatic carbocycles. The second kappa shape index (κ2) is 4.65. The third-order valence-electron chi connectivity index (χ3n) is 2.45. The van der Waals surface area contributed by atoms with Crippen molar-refractivity contribution in [1.29, 1.82) is 0 Å². The number of hydrogen-bond acceptors (Lipinski definition) is 2. The molecule has 0 radical (unpaired) electrons. The van der Waals surface area contributed by atoms with E-state index in [-0.39, 0.29) is 0 Å².